The standard InChI is InChI=1S/C15H14N4O2/c20-12-6-3-8-16-14(12)15(21)17-9-7-13-18-10-4-1-2-5-11(10)19-13/h1-6,8,20H,7,9H2,(H,17,21)(H,18,19). The van der Waals surface area contributed by atoms with Gasteiger partial charge in [0.05, 0.1) is 11.0 Å². The Morgan fingerprint density at radius 3 is 2.90 bits per heavy atom. The van der Waals surface area contributed by atoms with Gasteiger partial charge < -0.3 is 15.4 Å². The van der Waals surface area contributed by atoms with Gasteiger partial charge in [0.1, 0.15) is 11.6 Å². The Kier molecular flexibility index (Phi) is 3.51. The molecule has 0 radical (unpaired) electrons. The maximum Gasteiger partial charge on any atom is 0.273 e. The average molecular weight is 282 g/mol. The highest BCUT2D eigenvalue weighted by Crippen LogP contribution is 2.12. The summed E-state index contributed by atoms with van der Waals surface area (Å²) < 4.78 is 0. The summed E-state index contributed by atoms with van der Waals surface area (Å²) in [4.78, 5) is 23.3. The van der Waals surface area contributed by atoms with Crippen LogP contribution in [0.25, 0.3) is 11.0 Å². The lowest BCUT2D eigenvalue weighted by Gasteiger charge is -2.04. The number of fused-ring (bicyclic) bond motifs is 1. The van der Waals surface area contributed by atoms with Gasteiger partial charge in [-0.25, -0.2) is 9.97 Å². The smallest absolute Gasteiger partial charge is 0.273 e. The van der Waals surface area contributed by atoms with E-state index >= 15 is 0 Å². The number of pyridine rings is 1. The number of amides is 1. The van der Waals surface area contributed by atoms with Gasteiger partial charge in [0.2, 0.25) is 0 Å². The molecule has 106 valence electrons. The van der Waals surface area contributed by atoms with Gasteiger partial charge in [0.25, 0.3) is 5.91 Å². The zero-order valence-electron chi connectivity index (χ0n) is 11.2. The van der Waals surface area contributed by atoms with Crippen molar-refractivity contribution in [1.29, 1.82) is 0 Å². The van der Waals surface area contributed by atoms with E-state index in [0.29, 0.717) is 13.0 Å². The number of aromatic amines is 1. The summed E-state index contributed by atoms with van der Waals surface area (Å²) in [6.45, 7) is 0.411. The van der Waals surface area contributed by atoms with E-state index in [2.05, 4.69) is 20.3 Å². The molecular formula is C15H14N4O2. The number of carbonyl (C=O) groups is 1. The first-order valence-electron chi connectivity index (χ1n) is 6.60. The molecule has 2 heterocycles. The minimum Gasteiger partial charge on any atom is -0.505 e. The summed E-state index contributed by atoms with van der Waals surface area (Å²) in [5.74, 6) is 0.282. The summed E-state index contributed by atoms with van der Waals surface area (Å²) in [5.41, 5.74) is 1.91. The first-order chi connectivity index (χ1) is 10.2. The number of benzene rings is 1. The number of nitrogens with zero attached hydrogens (tertiary/aromatic N) is 2. The molecule has 0 aliphatic heterocycles. The number of aromatic hydroxyl groups is 1. The first kappa shape index (κ1) is 13.1. The van der Waals surface area contributed by atoms with E-state index < -0.39 is 5.91 Å². The van der Waals surface area contributed by atoms with Crippen LogP contribution in [0.3, 0.4) is 0 Å². The molecule has 0 atom stereocenters. The van der Waals surface area contributed by atoms with E-state index in [1.165, 1.54) is 12.3 Å². The van der Waals surface area contributed by atoms with Gasteiger partial charge in [0, 0.05) is 19.2 Å². The highest BCUT2D eigenvalue weighted by atomic mass is 16.3. The van der Waals surface area contributed by atoms with Gasteiger partial charge in [-0.05, 0) is 24.3 Å². The van der Waals surface area contributed by atoms with E-state index in [9.17, 15) is 9.90 Å². The molecule has 3 N–H and O–H groups in total. The van der Waals surface area contributed by atoms with E-state index in [1.807, 2.05) is 24.3 Å². The Morgan fingerprint density at radius 1 is 1.24 bits per heavy atom. The monoisotopic (exact) mass is 282 g/mol. The van der Waals surface area contributed by atoms with Gasteiger partial charge in [-0.1, -0.05) is 12.1 Å². The summed E-state index contributed by atoms with van der Waals surface area (Å²) >= 11 is 0. The lowest BCUT2D eigenvalue weighted by atomic mass is 10.3. The normalized spacial score (nSPS) is 10.7. The van der Waals surface area contributed by atoms with Crippen LogP contribution in [0.4, 0.5) is 0 Å². The predicted octanol–water partition coefficient (Wildman–Crippen LogP) is 1.64. The number of rotatable bonds is 4. The number of H-pyrrole nitrogens is 1. The molecule has 1 amide bonds. The van der Waals surface area contributed by atoms with Crippen molar-refractivity contribution in [3.05, 3.63) is 54.1 Å². The fourth-order valence-corrected chi connectivity index (χ4v) is 2.07. The molecule has 0 saturated heterocycles. The van der Waals surface area contributed by atoms with Crippen LogP contribution in [-0.4, -0.2) is 32.5 Å². The van der Waals surface area contributed by atoms with Crippen LogP contribution in [0, 0.1) is 0 Å². The van der Waals surface area contributed by atoms with Crippen LogP contribution in [0.5, 0.6) is 5.75 Å². The van der Waals surface area contributed by atoms with E-state index in [0.717, 1.165) is 16.9 Å². The summed E-state index contributed by atoms with van der Waals surface area (Å²) in [6, 6.07) is 10.8. The third kappa shape index (κ3) is 2.84. The number of imidazole rings is 1. The fraction of sp³-hybridized carbons (Fsp3) is 0.133. The van der Waals surface area contributed by atoms with Gasteiger partial charge in [-0.2, -0.15) is 0 Å². The summed E-state index contributed by atoms with van der Waals surface area (Å²) in [6.07, 6.45) is 2.04. The van der Waals surface area contributed by atoms with Crippen LogP contribution in [0.1, 0.15) is 16.3 Å². The minimum atomic E-state index is -0.399. The molecule has 3 rings (SSSR count). The van der Waals surface area contributed by atoms with Crippen LogP contribution in [-0.2, 0) is 6.42 Å². The zero-order valence-corrected chi connectivity index (χ0v) is 11.2. The highest BCUT2D eigenvalue weighted by molar-refractivity contribution is 5.94. The zero-order chi connectivity index (χ0) is 14.7. The van der Waals surface area contributed by atoms with Crippen LogP contribution >= 0.6 is 0 Å². The number of carbonyl (C=O) groups excluding carboxylic acids is 1. The third-order valence-electron chi connectivity index (χ3n) is 3.09. The van der Waals surface area contributed by atoms with Crippen molar-refractivity contribution >= 4 is 16.9 Å². The lowest BCUT2D eigenvalue weighted by Crippen LogP contribution is -2.26. The molecular weight excluding hydrogens is 268 g/mol. The molecule has 1 aromatic carbocycles. The van der Waals surface area contributed by atoms with Crippen molar-refractivity contribution in [2.24, 2.45) is 0 Å². The molecule has 2 aromatic heterocycles. The fourth-order valence-electron chi connectivity index (χ4n) is 2.07. The second-order valence-corrected chi connectivity index (χ2v) is 4.58. The SMILES string of the molecule is O=C(NCCc1nc2ccccc2[nH]1)c1ncccc1O. The van der Waals surface area contributed by atoms with Gasteiger partial charge in [0.15, 0.2) is 5.69 Å². The summed E-state index contributed by atoms with van der Waals surface area (Å²) in [5, 5.41) is 12.3. The molecule has 0 bridgehead atoms. The van der Waals surface area contributed by atoms with E-state index in [-0.39, 0.29) is 11.4 Å². The second kappa shape index (κ2) is 5.62. The molecule has 21 heavy (non-hydrogen) atoms. The largest absolute Gasteiger partial charge is 0.505 e. The first-order valence-corrected chi connectivity index (χ1v) is 6.60. The molecule has 6 nitrogen and oxygen atoms in total. The molecule has 6 heteroatoms. The van der Waals surface area contributed by atoms with Crippen molar-refractivity contribution in [3.63, 3.8) is 0 Å². The Labute approximate surface area is 120 Å². The Balaban J connectivity index is 1.61. The molecule has 0 unspecified atom stereocenters. The Bertz CT molecular complexity index is 749. The predicted molar refractivity (Wildman–Crippen MR) is 78.0 cm³/mol. The van der Waals surface area contributed by atoms with Gasteiger partial charge in [-0.3, -0.25) is 4.79 Å². The third-order valence-corrected chi connectivity index (χ3v) is 3.09. The molecule has 0 aliphatic rings. The van der Waals surface area contributed by atoms with Crippen LogP contribution in [0.2, 0.25) is 0 Å². The van der Waals surface area contributed by atoms with Crippen LogP contribution < -0.4 is 5.32 Å². The lowest BCUT2D eigenvalue weighted by molar-refractivity contribution is 0.0946. The molecule has 0 fully saturated rings. The van der Waals surface area contributed by atoms with Crippen LogP contribution in [0.15, 0.2) is 42.6 Å². The van der Waals surface area contributed by atoms with Crippen molar-refractivity contribution in [2.45, 2.75) is 6.42 Å². The molecule has 0 spiro atoms. The topological polar surface area (TPSA) is 90.9 Å². The molecule has 0 aliphatic carbocycles. The highest BCUT2D eigenvalue weighted by Gasteiger charge is 2.11. The van der Waals surface area contributed by atoms with Crippen molar-refractivity contribution in [1.82, 2.24) is 20.3 Å². The Hall–Kier alpha value is -2.89. The van der Waals surface area contributed by atoms with Crippen molar-refractivity contribution < 1.29 is 9.90 Å². The van der Waals surface area contributed by atoms with E-state index in [4.69, 9.17) is 0 Å². The number of hydrogen-bond donors (Lipinski definition) is 3. The molecule has 0 saturated carbocycles. The number of nitrogens with one attached hydrogen (secondary N) is 2. The van der Waals surface area contributed by atoms with Gasteiger partial charge in [-0.15, -0.1) is 0 Å². The second-order valence-electron chi connectivity index (χ2n) is 4.58. The van der Waals surface area contributed by atoms with Crippen molar-refractivity contribution in [2.75, 3.05) is 6.54 Å². The Morgan fingerprint density at radius 2 is 2.10 bits per heavy atom. The number of aromatic nitrogens is 3. The molecule has 3 aromatic rings. The average Bonchev–Trinajstić information content (AvgIpc) is 2.90. The van der Waals surface area contributed by atoms with Gasteiger partial charge >= 0.3 is 0 Å². The number of hydrogen-bond acceptors (Lipinski definition) is 4. The number of para-hydroxylation sites is 2. The quantitative estimate of drug-likeness (QED) is 0.678. The maximum atomic E-state index is 11.9. The van der Waals surface area contributed by atoms with E-state index in [1.54, 1.807) is 6.07 Å². The maximum absolute atomic E-state index is 11.9. The minimum absolute atomic E-state index is 0.0297. The summed E-state index contributed by atoms with van der Waals surface area (Å²) in [7, 11) is 0. The van der Waals surface area contributed by atoms with Crippen molar-refractivity contribution in [3.8, 4) is 5.75 Å².